The maximum atomic E-state index is 10.8. The highest BCUT2D eigenvalue weighted by molar-refractivity contribution is 5.73. The van der Waals surface area contributed by atoms with E-state index in [0.29, 0.717) is 5.56 Å². The van der Waals surface area contributed by atoms with Gasteiger partial charge in [0.05, 0.1) is 12.7 Å². The molecule has 0 saturated carbocycles. The summed E-state index contributed by atoms with van der Waals surface area (Å²) in [6, 6.07) is 3.37. The van der Waals surface area contributed by atoms with Gasteiger partial charge in [-0.25, -0.2) is 4.79 Å². The van der Waals surface area contributed by atoms with Crippen LogP contribution in [0.15, 0.2) is 24.5 Å². The van der Waals surface area contributed by atoms with E-state index in [4.69, 9.17) is 0 Å². The van der Waals surface area contributed by atoms with Crippen molar-refractivity contribution in [1.82, 2.24) is 0 Å². The molecule has 4 nitrogen and oxygen atoms in total. The zero-order chi connectivity index (χ0) is 9.68. The van der Waals surface area contributed by atoms with Crippen LogP contribution in [0.5, 0.6) is 0 Å². The Kier molecular flexibility index (Phi) is 5.71. The zero-order valence-electron chi connectivity index (χ0n) is 7.64. The van der Waals surface area contributed by atoms with Gasteiger partial charge in [0.15, 0.2) is 18.7 Å². The van der Waals surface area contributed by atoms with Crippen LogP contribution in [0.1, 0.15) is 10.4 Å². The molecule has 76 valence electrons. The van der Waals surface area contributed by atoms with E-state index in [0.717, 1.165) is 6.29 Å². The first kappa shape index (κ1) is 12.8. The lowest BCUT2D eigenvalue weighted by molar-refractivity contribution is -0.686. The van der Waals surface area contributed by atoms with E-state index >= 15 is 0 Å². The van der Waals surface area contributed by atoms with Crippen LogP contribution in [0.4, 0.5) is 0 Å². The number of rotatable bonds is 3. The fourth-order valence-electron chi connectivity index (χ4n) is 0.924. The van der Waals surface area contributed by atoms with E-state index in [-0.39, 0.29) is 29.5 Å². The van der Waals surface area contributed by atoms with Crippen LogP contribution in [0.3, 0.4) is 0 Å². The summed E-state index contributed by atoms with van der Waals surface area (Å²) in [7, 11) is 1.33. The topological polar surface area (TPSA) is 47.2 Å². The van der Waals surface area contributed by atoms with Gasteiger partial charge >= 0.3 is 5.97 Å². The lowest BCUT2D eigenvalue weighted by atomic mass is 10.3. The number of nitrogens with zero attached hydrogens (tertiary/aromatic N) is 1. The summed E-state index contributed by atoms with van der Waals surface area (Å²) in [5.74, 6) is -0.340. The summed E-state index contributed by atoms with van der Waals surface area (Å²) in [6.07, 6.45) is 4.02. The molecular weight excluding hydrogens is 250 g/mol. The smallest absolute Gasteiger partial charge is 0.372 e. The van der Waals surface area contributed by atoms with Gasteiger partial charge in [0.1, 0.15) is 0 Å². The zero-order valence-corrected chi connectivity index (χ0v) is 9.23. The van der Waals surface area contributed by atoms with Crippen molar-refractivity contribution in [1.29, 1.82) is 0 Å². The predicted molar refractivity (Wildman–Crippen MR) is 44.0 cm³/mol. The van der Waals surface area contributed by atoms with Gasteiger partial charge in [-0.2, -0.15) is 4.57 Å². The Bertz CT molecular complexity index is 328. The third-order valence-electron chi connectivity index (χ3n) is 1.56. The van der Waals surface area contributed by atoms with Crippen molar-refractivity contribution in [3.63, 3.8) is 0 Å². The molecule has 0 N–H and O–H groups in total. The minimum absolute atomic E-state index is 0. The van der Waals surface area contributed by atoms with Crippen molar-refractivity contribution in [2.75, 3.05) is 7.11 Å². The lowest BCUT2D eigenvalue weighted by Gasteiger charge is -1.95. The van der Waals surface area contributed by atoms with Crippen molar-refractivity contribution < 1.29 is 35.9 Å². The molecule has 5 heteroatoms. The summed E-state index contributed by atoms with van der Waals surface area (Å²) in [6.45, 7) is 0.123. The molecule has 0 atom stereocenters. The van der Waals surface area contributed by atoms with Gasteiger partial charge in [-0.05, 0) is 6.07 Å². The number of aromatic nitrogens is 1. The molecule has 0 saturated heterocycles. The Morgan fingerprint density at radius 2 is 2.36 bits per heavy atom. The van der Waals surface area contributed by atoms with E-state index in [1.807, 2.05) is 0 Å². The van der Waals surface area contributed by atoms with Gasteiger partial charge in [-0.15, -0.1) is 0 Å². The fourth-order valence-corrected chi connectivity index (χ4v) is 0.924. The van der Waals surface area contributed by atoms with Crippen molar-refractivity contribution in [3.05, 3.63) is 30.1 Å². The van der Waals surface area contributed by atoms with Crippen molar-refractivity contribution >= 4 is 12.3 Å². The van der Waals surface area contributed by atoms with E-state index in [1.54, 1.807) is 29.1 Å². The number of methoxy groups -OCH3 is 1. The molecule has 0 fully saturated rings. The molecule has 14 heavy (non-hydrogen) atoms. The van der Waals surface area contributed by atoms with Crippen LogP contribution >= 0.6 is 0 Å². The van der Waals surface area contributed by atoms with Crippen molar-refractivity contribution in [2.45, 2.75) is 6.54 Å². The van der Waals surface area contributed by atoms with E-state index in [9.17, 15) is 9.59 Å². The molecule has 0 radical (unpaired) electrons. The molecule has 0 bridgehead atoms. The summed E-state index contributed by atoms with van der Waals surface area (Å²) in [5, 5.41) is 0. The van der Waals surface area contributed by atoms with Gasteiger partial charge in [-0.3, -0.25) is 4.79 Å². The molecule has 0 amide bonds. The molecule has 0 unspecified atom stereocenters. The molecule has 0 aliphatic heterocycles. The average Bonchev–Trinajstić information content (AvgIpc) is 2.18. The summed E-state index contributed by atoms with van der Waals surface area (Å²) in [5.41, 5.74) is 0.534. The highest BCUT2D eigenvalue weighted by atomic mass is 79.9. The highest BCUT2D eigenvalue weighted by Gasteiger charge is 2.08. The number of carbonyl (C=O) groups excluding carboxylic acids is 2. The number of hydrogen-bond donors (Lipinski definition) is 0. The summed E-state index contributed by atoms with van der Waals surface area (Å²) in [4.78, 5) is 21.2. The Morgan fingerprint density at radius 1 is 1.64 bits per heavy atom. The van der Waals surface area contributed by atoms with Crippen LogP contribution in [0.25, 0.3) is 0 Å². The number of ether oxygens (including phenoxy) is 1. The second kappa shape index (κ2) is 6.26. The molecule has 0 aliphatic carbocycles. The van der Waals surface area contributed by atoms with E-state index in [1.165, 1.54) is 7.11 Å². The minimum atomic E-state index is -0.340. The Morgan fingerprint density at radius 3 is 2.93 bits per heavy atom. The molecule has 1 aromatic rings. The second-order valence-corrected chi connectivity index (χ2v) is 2.50. The lowest BCUT2D eigenvalue weighted by Crippen LogP contribution is -3.00. The second-order valence-electron chi connectivity index (χ2n) is 2.50. The quantitative estimate of drug-likeness (QED) is 0.330. The average molecular weight is 260 g/mol. The summed E-state index contributed by atoms with van der Waals surface area (Å²) >= 11 is 0. The molecule has 0 aliphatic rings. The molecule has 0 spiro atoms. The van der Waals surface area contributed by atoms with Crippen LogP contribution in [0, 0.1) is 0 Å². The molecule has 1 heterocycles. The molecule has 1 aromatic heterocycles. The van der Waals surface area contributed by atoms with Gasteiger partial charge < -0.3 is 21.7 Å². The van der Waals surface area contributed by atoms with Gasteiger partial charge in [-0.1, -0.05) is 0 Å². The number of aldehydes is 1. The van der Waals surface area contributed by atoms with Gasteiger partial charge in [0.2, 0.25) is 6.54 Å². The highest BCUT2D eigenvalue weighted by Crippen LogP contribution is 1.88. The van der Waals surface area contributed by atoms with Gasteiger partial charge in [0, 0.05) is 6.07 Å². The van der Waals surface area contributed by atoms with E-state index in [2.05, 4.69) is 4.74 Å². The Balaban J connectivity index is 0.00000169. The van der Waals surface area contributed by atoms with Crippen LogP contribution in [-0.4, -0.2) is 19.4 Å². The maximum absolute atomic E-state index is 10.8. The first-order valence-electron chi connectivity index (χ1n) is 3.77. The van der Waals surface area contributed by atoms with Gasteiger partial charge in [0.25, 0.3) is 0 Å². The largest absolute Gasteiger partial charge is 1.00 e. The van der Waals surface area contributed by atoms with Crippen LogP contribution in [0.2, 0.25) is 0 Å². The summed E-state index contributed by atoms with van der Waals surface area (Å²) < 4.78 is 6.07. The van der Waals surface area contributed by atoms with E-state index < -0.39 is 0 Å². The Hall–Kier alpha value is -1.23. The number of hydrogen-bond acceptors (Lipinski definition) is 3. The number of halogens is 1. The van der Waals surface area contributed by atoms with Crippen LogP contribution < -0.4 is 21.5 Å². The first-order chi connectivity index (χ1) is 6.26. The maximum Gasteiger partial charge on any atom is 0.372 e. The number of carbonyl (C=O) groups is 2. The number of esters is 1. The standard InChI is InChI=1S/C9H10NO3.BrH/c1-13-9(12)6-10-4-2-3-8(5-10)7-11;/h2-5,7H,6H2,1H3;1H/q+1;/p-1. The monoisotopic (exact) mass is 259 g/mol. The third kappa shape index (κ3) is 3.66. The molecular formula is C9H10BrNO3. The SMILES string of the molecule is COC(=O)C[n+]1cccc(C=O)c1.[Br-]. The normalized spacial score (nSPS) is 8.64. The van der Waals surface area contributed by atoms with Crippen molar-refractivity contribution in [2.24, 2.45) is 0 Å². The fraction of sp³-hybridized carbons (Fsp3) is 0.222. The third-order valence-corrected chi connectivity index (χ3v) is 1.56. The van der Waals surface area contributed by atoms with Crippen LogP contribution in [-0.2, 0) is 16.1 Å². The van der Waals surface area contributed by atoms with Crippen molar-refractivity contribution in [3.8, 4) is 0 Å². The number of pyridine rings is 1. The Labute approximate surface area is 92.3 Å². The molecule has 1 rings (SSSR count). The predicted octanol–water partition coefficient (Wildman–Crippen LogP) is -3.04. The first-order valence-corrected chi connectivity index (χ1v) is 3.77. The molecule has 0 aromatic carbocycles. The minimum Gasteiger partial charge on any atom is -1.00 e.